The van der Waals surface area contributed by atoms with Crippen LogP contribution in [0.3, 0.4) is 0 Å². The molecule has 0 radical (unpaired) electrons. The Morgan fingerprint density at radius 2 is 1.85 bits per heavy atom. The van der Waals surface area contributed by atoms with Gasteiger partial charge in [-0.1, -0.05) is 12.1 Å². The fraction of sp³-hybridized carbons (Fsp3) is 0.214. The molecule has 106 valence electrons. The Morgan fingerprint density at radius 1 is 1.10 bits per heavy atom. The largest absolute Gasteiger partial charge is 0.326 e. The van der Waals surface area contributed by atoms with Crippen molar-refractivity contribution in [1.82, 2.24) is 4.98 Å². The van der Waals surface area contributed by atoms with E-state index in [-0.39, 0.29) is 5.75 Å². The summed E-state index contributed by atoms with van der Waals surface area (Å²) in [5, 5.41) is 0. The van der Waals surface area contributed by atoms with Crippen molar-refractivity contribution < 1.29 is 8.42 Å². The Kier molecular flexibility index (Phi) is 4.70. The molecule has 0 bridgehead atoms. The predicted molar refractivity (Wildman–Crippen MR) is 79.7 cm³/mol. The third kappa shape index (κ3) is 4.32. The minimum absolute atomic E-state index is 0.0316. The van der Waals surface area contributed by atoms with Gasteiger partial charge in [-0.25, -0.2) is 8.42 Å². The van der Waals surface area contributed by atoms with Crippen LogP contribution in [0.2, 0.25) is 0 Å². The second-order valence-corrected chi connectivity index (χ2v) is 6.27. The predicted octanol–water partition coefficient (Wildman–Crippen LogP) is 1.52. The van der Waals surface area contributed by atoms with E-state index in [1.807, 2.05) is 18.2 Å². The maximum atomic E-state index is 12.0. The molecule has 0 saturated heterocycles. The molecule has 0 amide bonds. The zero-order chi connectivity index (χ0) is 14.4. The van der Waals surface area contributed by atoms with Crippen LogP contribution in [0.5, 0.6) is 0 Å². The highest BCUT2D eigenvalue weighted by Crippen LogP contribution is 2.12. The van der Waals surface area contributed by atoms with Crippen LogP contribution in [0, 0.1) is 0 Å². The normalized spacial score (nSPS) is 11.2. The first kappa shape index (κ1) is 14.5. The van der Waals surface area contributed by atoms with Crippen molar-refractivity contribution in [3.63, 3.8) is 0 Å². The zero-order valence-corrected chi connectivity index (χ0v) is 11.8. The SMILES string of the molecule is NCc1cccc(NS(=O)(=O)CCc2ccncc2)c1. The van der Waals surface area contributed by atoms with Crippen LogP contribution in [-0.2, 0) is 23.0 Å². The van der Waals surface area contributed by atoms with Gasteiger partial charge in [0.15, 0.2) is 0 Å². The minimum Gasteiger partial charge on any atom is -0.326 e. The van der Waals surface area contributed by atoms with Gasteiger partial charge in [-0.3, -0.25) is 9.71 Å². The van der Waals surface area contributed by atoms with E-state index < -0.39 is 10.0 Å². The summed E-state index contributed by atoms with van der Waals surface area (Å²) >= 11 is 0. The van der Waals surface area contributed by atoms with Gasteiger partial charge in [0, 0.05) is 24.6 Å². The number of hydrogen-bond donors (Lipinski definition) is 2. The van der Waals surface area contributed by atoms with Gasteiger partial charge in [0.25, 0.3) is 0 Å². The molecule has 2 aromatic rings. The molecule has 1 aromatic carbocycles. The molecule has 1 heterocycles. The number of nitrogens with zero attached hydrogens (tertiary/aromatic N) is 1. The molecule has 1 aromatic heterocycles. The molecule has 0 spiro atoms. The van der Waals surface area contributed by atoms with Crippen LogP contribution >= 0.6 is 0 Å². The maximum Gasteiger partial charge on any atom is 0.233 e. The van der Waals surface area contributed by atoms with Gasteiger partial charge in [-0.2, -0.15) is 0 Å². The van der Waals surface area contributed by atoms with Gasteiger partial charge < -0.3 is 5.73 Å². The van der Waals surface area contributed by atoms with Crippen LogP contribution < -0.4 is 10.5 Å². The zero-order valence-electron chi connectivity index (χ0n) is 11.0. The molecule has 0 unspecified atom stereocenters. The second kappa shape index (κ2) is 6.49. The Bertz CT molecular complexity index is 657. The average molecular weight is 291 g/mol. The van der Waals surface area contributed by atoms with E-state index in [4.69, 9.17) is 5.73 Å². The van der Waals surface area contributed by atoms with Gasteiger partial charge in [0.2, 0.25) is 10.0 Å². The first-order valence-electron chi connectivity index (χ1n) is 6.27. The number of aryl methyl sites for hydroxylation is 1. The van der Waals surface area contributed by atoms with Crippen LogP contribution in [0.4, 0.5) is 5.69 Å². The smallest absolute Gasteiger partial charge is 0.233 e. The molecule has 0 saturated carbocycles. The van der Waals surface area contributed by atoms with E-state index in [0.717, 1.165) is 11.1 Å². The number of hydrogen-bond acceptors (Lipinski definition) is 4. The van der Waals surface area contributed by atoms with E-state index in [1.165, 1.54) is 0 Å². The van der Waals surface area contributed by atoms with Crippen LogP contribution in [0.25, 0.3) is 0 Å². The Morgan fingerprint density at radius 3 is 2.55 bits per heavy atom. The average Bonchev–Trinajstić information content (AvgIpc) is 2.46. The highest BCUT2D eigenvalue weighted by Gasteiger charge is 2.10. The molecule has 0 fully saturated rings. The van der Waals surface area contributed by atoms with Gasteiger partial charge in [-0.15, -0.1) is 0 Å². The summed E-state index contributed by atoms with van der Waals surface area (Å²) in [6.07, 6.45) is 3.76. The third-order valence-corrected chi connectivity index (χ3v) is 4.13. The van der Waals surface area contributed by atoms with Crippen molar-refractivity contribution >= 4 is 15.7 Å². The summed E-state index contributed by atoms with van der Waals surface area (Å²) in [6.45, 7) is 0.382. The summed E-state index contributed by atoms with van der Waals surface area (Å²) < 4.78 is 26.6. The van der Waals surface area contributed by atoms with Crippen LogP contribution in [-0.4, -0.2) is 19.2 Å². The van der Waals surface area contributed by atoms with Crippen molar-refractivity contribution in [3.8, 4) is 0 Å². The van der Waals surface area contributed by atoms with Gasteiger partial charge in [0.05, 0.1) is 5.75 Å². The molecule has 6 heteroatoms. The Balaban J connectivity index is 2.00. The molecule has 0 aliphatic heterocycles. The number of anilines is 1. The Hall–Kier alpha value is -1.92. The molecule has 0 aliphatic carbocycles. The molecule has 2 rings (SSSR count). The summed E-state index contributed by atoms with van der Waals surface area (Å²) in [4.78, 5) is 3.90. The molecular weight excluding hydrogens is 274 g/mol. The lowest BCUT2D eigenvalue weighted by molar-refractivity contribution is 0.600. The number of nitrogens with two attached hydrogens (primary N) is 1. The number of aromatic nitrogens is 1. The van der Waals surface area contributed by atoms with Gasteiger partial charge >= 0.3 is 0 Å². The molecule has 3 N–H and O–H groups in total. The molecule has 5 nitrogen and oxygen atoms in total. The Labute approximate surface area is 118 Å². The first-order chi connectivity index (χ1) is 9.59. The van der Waals surface area contributed by atoms with Crippen molar-refractivity contribution in [2.75, 3.05) is 10.5 Å². The van der Waals surface area contributed by atoms with E-state index >= 15 is 0 Å². The molecular formula is C14H17N3O2S. The monoisotopic (exact) mass is 291 g/mol. The van der Waals surface area contributed by atoms with Gasteiger partial charge in [0.1, 0.15) is 0 Å². The highest BCUT2D eigenvalue weighted by molar-refractivity contribution is 7.92. The molecule has 20 heavy (non-hydrogen) atoms. The summed E-state index contributed by atoms with van der Waals surface area (Å²) in [5.41, 5.74) is 7.91. The number of rotatable bonds is 6. The summed E-state index contributed by atoms with van der Waals surface area (Å²) in [6, 6.07) is 10.7. The van der Waals surface area contributed by atoms with E-state index in [0.29, 0.717) is 18.7 Å². The van der Waals surface area contributed by atoms with Crippen molar-refractivity contribution in [3.05, 3.63) is 59.9 Å². The third-order valence-electron chi connectivity index (χ3n) is 2.84. The lowest BCUT2D eigenvalue weighted by Crippen LogP contribution is -2.18. The van der Waals surface area contributed by atoms with Gasteiger partial charge in [-0.05, 0) is 41.8 Å². The fourth-order valence-corrected chi connectivity index (χ4v) is 2.89. The summed E-state index contributed by atoms with van der Waals surface area (Å²) in [5.74, 6) is 0.0316. The maximum absolute atomic E-state index is 12.0. The second-order valence-electron chi connectivity index (χ2n) is 4.43. The molecule has 0 atom stereocenters. The first-order valence-corrected chi connectivity index (χ1v) is 7.93. The van der Waals surface area contributed by atoms with E-state index in [9.17, 15) is 8.42 Å². The molecule has 0 aliphatic rings. The quantitative estimate of drug-likeness (QED) is 0.845. The van der Waals surface area contributed by atoms with Crippen molar-refractivity contribution in [1.29, 1.82) is 0 Å². The number of nitrogens with one attached hydrogen (secondary N) is 1. The lowest BCUT2D eigenvalue weighted by atomic mass is 10.2. The number of sulfonamides is 1. The van der Waals surface area contributed by atoms with Crippen molar-refractivity contribution in [2.24, 2.45) is 5.73 Å². The fourth-order valence-electron chi connectivity index (χ4n) is 1.79. The number of pyridine rings is 1. The van der Waals surface area contributed by atoms with E-state index in [2.05, 4.69) is 9.71 Å². The van der Waals surface area contributed by atoms with Crippen LogP contribution in [0.15, 0.2) is 48.8 Å². The topological polar surface area (TPSA) is 85.1 Å². The minimum atomic E-state index is -3.37. The highest BCUT2D eigenvalue weighted by atomic mass is 32.2. The lowest BCUT2D eigenvalue weighted by Gasteiger charge is -2.09. The van der Waals surface area contributed by atoms with Crippen molar-refractivity contribution in [2.45, 2.75) is 13.0 Å². The summed E-state index contributed by atoms with van der Waals surface area (Å²) in [7, 11) is -3.37. The van der Waals surface area contributed by atoms with E-state index in [1.54, 1.807) is 30.6 Å². The number of benzene rings is 1. The van der Waals surface area contributed by atoms with Crippen LogP contribution in [0.1, 0.15) is 11.1 Å². The standard InChI is InChI=1S/C14H17N3O2S/c15-11-13-2-1-3-14(10-13)17-20(18,19)9-6-12-4-7-16-8-5-12/h1-5,7-8,10,17H,6,9,11,15H2.